The molecule has 0 unspecified atom stereocenters. The predicted octanol–water partition coefficient (Wildman–Crippen LogP) is -12.1. The number of nitrogens with one attached hydrogen (secondary N) is 1. The maximum Gasteiger partial charge on any atom is 0.217 e. The fraction of sp³-hybridized carbons (Fsp3) is 0.969. The number of amides is 1. The average Bonchev–Trinajstić information content (AvgIpc) is 3.22. The van der Waals surface area contributed by atoms with Crippen LogP contribution in [0.2, 0.25) is 0 Å². The molecule has 59 heavy (non-hydrogen) atoms. The van der Waals surface area contributed by atoms with Gasteiger partial charge >= 0.3 is 0 Å². The molecule has 4 aliphatic rings. The lowest BCUT2D eigenvalue weighted by atomic mass is 9.93. The molecular formula is C32H57NO26. The SMILES string of the molecule is CC(=O)N[C@H]1[C@H](O[C@H]2[C@@H](O)[C@@H](CO)O[C@@H](O[C@@H]([C@H](O)[C@@H](O)CO)[C@H](O)CO)[C@@H]2O)O[C@H](CO)[C@@H](O[C@@H]2O[C@H](CO)[C@H](O)[C@H](O)[C@H]2O)[C@@H]1O[C@@H]1O[C@H](CO)[C@H](O)[C@H](O)[C@H]1O. The summed E-state index contributed by atoms with van der Waals surface area (Å²) in [6.07, 6.45) is -44.8. The van der Waals surface area contributed by atoms with Crippen LogP contribution in [0.15, 0.2) is 0 Å². The van der Waals surface area contributed by atoms with Crippen molar-refractivity contribution in [2.24, 2.45) is 0 Å². The van der Waals surface area contributed by atoms with Crippen LogP contribution in [-0.4, -0.2) is 280 Å². The average molecular weight is 872 g/mol. The summed E-state index contributed by atoms with van der Waals surface area (Å²) in [5.74, 6) is -0.886. The van der Waals surface area contributed by atoms with E-state index in [0.717, 1.165) is 6.92 Å². The van der Waals surface area contributed by atoms with Crippen molar-refractivity contribution in [3.05, 3.63) is 0 Å². The summed E-state index contributed by atoms with van der Waals surface area (Å²) in [7, 11) is 0. The van der Waals surface area contributed by atoms with Gasteiger partial charge in [0.15, 0.2) is 25.2 Å². The van der Waals surface area contributed by atoms with Gasteiger partial charge in [-0.05, 0) is 0 Å². The Morgan fingerprint density at radius 2 is 0.932 bits per heavy atom. The highest BCUT2D eigenvalue weighted by atomic mass is 16.8. The summed E-state index contributed by atoms with van der Waals surface area (Å²) in [4.78, 5) is 12.8. The molecule has 0 aliphatic carbocycles. The number of aliphatic hydroxyl groups excluding tert-OH is 17. The Kier molecular flexibility index (Phi) is 18.9. The molecule has 0 spiro atoms. The second-order valence-corrected chi connectivity index (χ2v) is 14.4. The highest BCUT2D eigenvalue weighted by Crippen LogP contribution is 2.36. The third-order valence-corrected chi connectivity index (χ3v) is 10.4. The van der Waals surface area contributed by atoms with E-state index in [-0.39, 0.29) is 0 Å². The summed E-state index contributed by atoms with van der Waals surface area (Å²) < 4.78 is 45.7. The lowest BCUT2D eigenvalue weighted by molar-refractivity contribution is -0.389. The Morgan fingerprint density at radius 1 is 0.508 bits per heavy atom. The van der Waals surface area contributed by atoms with E-state index in [1.807, 2.05) is 0 Å². The summed E-state index contributed by atoms with van der Waals surface area (Å²) in [5.41, 5.74) is 0. The van der Waals surface area contributed by atoms with Gasteiger partial charge in [-0.3, -0.25) is 4.79 Å². The molecule has 4 heterocycles. The topological polar surface area (TPSA) is 447 Å². The van der Waals surface area contributed by atoms with Gasteiger partial charge in [0.05, 0.1) is 39.6 Å². The largest absolute Gasteiger partial charge is 0.394 e. The standard InChI is InChI=1S/C32H57NO26/c1-8(40)33-15-27(58-31-23(50)21(48)18(45)12(5-37)53-31)26(57-30-22(49)20(47)17(44)11(4-36)52-30)14(7-39)55-29(15)59-28-19(46)13(6-38)54-32(24(28)51)56-25(10(42)3-35)16(43)9(41)2-34/h9-32,34-39,41-51H,2-7H2,1H3,(H,33,40)/t9-,10+,11+,12+,13+,14+,15+,16+,17-,18-,19-,20-,21-,22+,23+,24+,25+,26+,27+,28-,29-,30-,31-,32-/m0/s1. The molecule has 0 bridgehead atoms. The second-order valence-electron chi connectivity index (χ2n) is 14.4. The van der Waals surface area contributed by atoms with Gasteiger partial charge in [0.25, 0.3) is 0 Å². The number of hydrogen-bond donors (Lipinski definition) is 18. The molecule has 1 amide bonds. The summed E-state index contributed by atoms with van der Waals surface area (Å²) in [6, 6.07) is -1.82. The first-order valence-corrected chi connectivity index (χ1v) is 18.5. The fourth-order valence-corrected chi connectivity index (χ4v) is 7.02. The number of carbonyl (C=O) groups is 1. The van der Waals surface area contributed by atoms with E-state index in [0.29, 0.717) is 0 Å². The molecular weight excluding hydrogens is 814 g/mol. The first kappa shape index (κ1) is 50.1. The zero-order valence-corrected chi connectivity index (χ0v) is 31.4. The molecule has 0 saturated carbocycles. The van der Waals surface area contributed by atoms with Gasteiger partial charge in [-0.1, -0.05) is 0 Å². The van der Waals surface area contributed by atoms with Crippen molar-refractivity contribution in [2.45, 2.75) is 154 Å². The van der Waals surface area contributed by atoms with Crippen LogP contribution in [0.25, 0.3) is 0 Å². The van der Waals surface area contributed by atoms with E-state index in [2.05, 4.69) is 5.32 Å². The minimum absolute atomic E-state index is 0.886. The maximum absolute atomic E-state index is 12.8. The van der Waals surface area contributed by atoms with Crippen molar-refractivity contribution >= 4 is 5.91 Å². The van der Waals surface area contributed by atoms with Gasteiger partial charge in [0.1, 0.15) is 122 Å². The van der Waals surface area contributed by atoms with Crippen LogP contribution in [0, 0.1) is 0 Å². The van der Waals surface area contributed by atoms with E-state index >= 15 is 0 Å². The maximum atomic E-state index is 12.8. The molecule has 27 nitrogen and oxygen atoms in total. The zero-order chi connectivity index (χ0) is 44.0. The van der Waals surface area contributed by atoms with Crippen molar-refractivity contribution < 1.29 is 130 Å². The molecule has 346 valence electrons. The van der Waals surface area contributed by atoms with Crippen molar-refractivity contribution in [2.75, 3.05) is 39.6 Å². The molecule has 4 aliphatic heterocycles. The van der Waals surface area contributed by atoms with Crippen LogP contribution >= 0.6 is 0 Å². The van der Waals surface area contributed by atoms with Crippen molar-refractivity contribution in [1.29, 1.82) is 0 Å². The van der Waals surface area contributed by atoms with Gasteiger partial charge in [-0.15, -0.1) is 0 Å². The van der Waals surface area contributed by atoms with Crippen molar-refractivity contribution in [1.82, 2.24) is 5.32 Å². The minimum Gasteiger partial charge on any atom is -0.394 e. The Morgan fingerprint density at radius 3 is 1.39 bits per heavy atom. The van der Waals surface area contributed by atoms with Crippen molar-refractivity contribution in [3.63, 3.8) is 0 Å². The van der Waals surface area contributed by atoms with Crippen LogP contribution in [-0.2, 0) is 42.7 Å². The lowest BCUT2D eigenvalue weighted by Crippen LogP contribution is -2.71. The first-order chi connectivity index (χ1) is 27.9. The normalized spacial score (nSPS) is 45.3. The van der Waals surface area contributed by atoms with Crippen LogP contribution in [0.3, 0.4) is 0 Å². The molecule has 27 heteroatoms. The number of hydrogen-bond acceptors (Lipinski definition) is 26. The van der Waals surface area contributed by atoms with E-state index in [1.165, 1.54) is 0 Å². The summed E-state index contributed by atoms with van der Waals surface area (Å²) in [6.45, 7) is -5.08. The summed E-state index contributed by atoms with van der Waals surface area (Å²) >= 11 is 0. The zero-order valence-electron chi connectivity index (χ0n) is 31.4. The molecule has 0 aromatic rings. The Balaban J connectivity index is 1.75. The van der Waals surface area contributed by atoms with Gasteiger partial charge in [0.2, 0.25) is 5.91 Å². The molecule has 0 radical (unpaired) electrons. The molecule has 24 atom stereocenters. The van der Waals surface area contributed by atoms with E-state index < -0.39 is 193 Å². The fourth-order valence-electron chi connectivity index (χ4n) is 7.02. The Bertz CT molecular complexity index is 1270. The van der Waals surface area contributed by atoms with Gasteiger partial charge in [-0.25, -0.2) is 0 Å². The number of aliphatic hydroxyl groups is 17. The predicted molar refractivity (Wildman–Crippen MR) is 180 cm³/mol. The van der Waals surface area contributed by atoms with Crippen LogP contribution < -0.4 is 5.32 Å². The van der Waals surface area contributed by atoms with Gasteiger partial charge < -0.3 is 130 Å². The molecule has 0 aromatic heterocycles. The Labute approximate surface area is 334 Å². The highest BCUT2D eigenvalue weighted by molar-refractivity contribution is 5.73. The first-order valence-electron chi connectivity index (χ1n) is 18.5. The highest BCUT2D eigenvalue weighted by Gasteiger charge is 2.57. The minimum atomic E-state index is -2.22. The Hall–Kier alpha value is -1.53. The molecule has 4 saturated heterocycles. The number of rotatable bonds is 18. The van der Waals surface area contributed by atoms with Crippen LogP contribution in [0.5, 0.6) is 0 Å². The van der Waals surface area contributed by atoms with E-state index in [9.17, 15) is 91.6 Å². The number of ether oxygens (including phenoxy) is 8. The van der Waals surface area contributed by atoms with Gasteiger partial charge in [-0.2, -0.15) is 0 Å². The monoisotopic (exact) mass is 871 g/mol. The van der Waals surface area contributed by atoms with E-state index in [1.54, 1.807) is 0 Å². The molecule has 0 aromatic carbocycles. The molecule has 18 N–H and O–H groups in total. The smallest absolute Gasteiger partial charge is 0.217 e. The van der Waals surface area contributed by atoms with Crippen LogP contribution in [0.4, 0.5) is 0 Å². The second kappa shape index (κ2) is 22.2. The van der Waals surface area contributed by atoms with Crippen molar-refractivity contribution in [3.8, 4) is 0 Å². The van der Waals surface area contributed by atoms with Crippen LogP contribution in [0.1, 0.15) is 6.92 Å². The van der Waals surface area contributed by atoms with Gasteiger partial charge in [0, 0.05) is 6.92 Å². The van der Waals surface area contributed by atoms with E-state index in [4.69, 9.17) is 37.9 Å². The summed E-state index contributed by atoms with van der Waals surface area (Å²) in [5, 5.41) is 178. The molecule has 4 rings (SSSR count). The quantitative estimate of drug-likeness (QED) is 0.0608. The third-order valence-electron chi connectivity index (χ3n) is 10.4. The third kappa shape index (κ3) is 11.2. The number of carbonyl (C=O) groups excluding carboxylic acids is 1. The molecule has 4 fully saturated rings. The lowest BCUT2D eigenvalue weighted by Gasteiger charge is -2.51.